The molecule has 0 aliphatic heterocycles. The number of nitrogens with zero attached hydrogens (tertiary/aromatic N) is 3. The van der Waals surface area contributed by atoms with Gasteiger partial charge in [-0.2, -0.15) is 0 Å². The summed E-state index contributed by atoms with van der Waals surface area (Å²) in [6.07, 6.45) is 1.77. The zero-order valence-corrected chi connectivity index (χ0v) is 29.9. The van der Waals surface area contributed by atoms with Crippen molar-refractivity contribution in [2.45, 2.75) is 6.92 Å². The number of aromatic nitrogens is 3. The maximum atomic E-state index is 6.33. The Morgan fingerprint density at radius 1 is 0.640 bits per heavy atom. The average Bonchev–Trinajstić information content (AvgIpc) is 3.41. The average molecular weight is 825 g/mol. The molecule has 6 heteroatoms. The third-order valence-corrected chi connectivity index (χ3v) is 10.3. The molecule has 0 aliphatic carbocycles. The molecule has 8 aromatic rings. The predicted molar refractivity (Wildman–Crippen MR) is 201 cm³/mol. The SMILES string of the molecule is Cc1ccnc(Oc2[c-]c(B(c3[c-]c(-n4[c](=[Pt])n(C)c5ccccc54)ccc3)c3c(-c4ccccc4)cccc3-c3ccccc3)ccc2)c1. The van der Waals surface area contributed by atoms with Gasteiger partial charge >= 0.3 is 280 Å². The molecule has 0 saturated carbocycles. The van der Waals surface area contributed by atoms with E-state index in [1.54, 1.807) is 6.20 Å². The number of hydrogen-bond acceptors (Lipinski definition) is 2. The molecule has 0 unspecified atom stereocenters. The van der Waals surface area contributed by atoms with E-state index in [4.69, 9.17) is 4.74 Å². The zero-order chi connectivity index (χ0) is 34.0. The van der Waals surface area contributed by atoms with E-state index in [-0.39, 0.29) is 6.71 Å². The predicted octanol–water partition coefficient (Wildman–Crippen LogP) is 7.99. The minimum absolute atomic E-state index is 0.246. The fraction of sp³-hybridized carbons (Fsp3) is 0.0455. The van der Waals surface area contributed by atoms with Gasteiger partial charge in [0.2, 0.25) is 0 Å². The number of para-hydroxylation sites is 2. The van der Waals surface area contributed by atoms with Crippen LogP contribution < -0.4 is 21.1 Å². The van der Waals surface area contributed by atoms with Crippen LogP contribution in [0.15, 0.2) is 158 Å². The van der Waals surface area contributed by atoms with Crippen LogP contribution in [0.1, 0.15) is 5.56 Å². The number of imidazole rings is 1. The van der Waals surface area contributed by atoms with Crippen LogP contribution >= 0.6 is 0 Å². The maximum absolute atomic E-state index is 6.33. The Hall–Kier alpha value is -5.51. The fourth-order valence-corrected chi connectivity index (χ4v) is 7.55. The molecule has 6 aromatic carbocycles. The molecular formula is C44H32BN3OPt-2. The molecule has 2 aromatic heterocycles. The van der Waals surface area contributed by atoms with Gasteiger partial charge in [-0.05, 0) is 18.6 Å². The minimum atomic E-state index is -0.246. The van der Waals surface area contributed by atoms with Crippen molar-refractivity contribution in [2.75, 3.05) is 0 Å². The monoisotopic (exact) mass is 824 g/mol. The molecule has 8 rings (SSSR count). The van der Waals surface area contributed by atoms with Crippen molar-refractivity contribution in [3.8, 4) is 39.6 Å². The summed E-state index contributed by atoms with van der Waals surface area (Å²) in [6.45, 7) is 1.79. The molecule has 0 amide bonds. The van der Waals surface area contributed by atoms with Crippen molar-refractivity contribution < 1.29 is 24.1 Å². The van der Waals surface area contributed by atoms with Crippen LogP contribution in [0.3, 0.4) is 0 Å². The summed E-state index contributed by atoms with van der Waals surface area (Å²) in [7, 11) is 2.11. The van der Waals surface area contributed by atoms with E-state index in [1.165, 1.54) is 5.46 Å². The second kappa shape index (κ2) is 13.8. The number of aryl methyl sites for hydroxylation is 2. The number of pyridine rings is 1. The van der Waals surface area contributed by atoms with Gasteiger partial charge < -0.3 is 0 Å². The summed E-state index contributed by atoms with van der Waals surface area (Å²) in [5, 5.41) is 0. The first kappa shape index (κ1) is 31.7. The molecular weight excluding hydrogens is 792 g/mol. The van der Waals surface area contributed by atoms with Crippen molar-refractivity contribution in [1.82, 2.24) is 14.1 Å². The molecule has 244 valence electrons. The molecule has 0 fully saturated rings. The van der Waals surface area contributed by atoms with Crippen molar-refractivity contribution in [3.05, 3.63) is 179 Å². The second-order valence-electron chi connectivity index (χ2n) is 12.3. The number of hydrogen-bond donors (Lipinski definition) is 0. The van der Waals surface area contributed by atoms with Gasteiger partial charge in [0, 0.05) is 6.20 Å². The molecule has 0 aliphatic rings. The van der Waals surface area contributed by atoms with Crippen LogP contribution in [0.2, 0.25) is 0 Å². The van der Waals surface area contributed by atoms with Crippen molar-refractivity contribution in [2.24, 2.45) is 7.05 Å². The number of ether oxygens (including phenoxy) is 1. The Morgan fingerprint density at radius 2 is 1.24 bits per heavy atom. The second-order valence-corrected chi connectivity index (χ2v) is 13.3. The molecule has 50 heavy (non-hydrogen) atoms. The Balaban J connectivity index is 1.39. The van der Waals surface area contributed by atoms with Crippen LogP contribution in [0.4, 0.5) is 0 Å². The van der Waals surface area contributed by atoms with E-state index in [1.807, 2.05) is 31.2 Å². The Kier molecular flexibility index (Phi) is 8.75. The van der Waals surface area contributed by atoms with E-state index in [0.717, 1.165) is 59.3 Å². The van der Waals surface area contributed by atoms with E-state index >= 15 is 0 Å². The van der Waals surface area contributed by atoms with E-state index in [2.05, 4.69) is 180 Å². The van der Waals surface area contributed by atoms with Crippen LogP contribution in [0.25, 0.3) is 39.0 Å². The molecule has 0 radical (unpaired) electrons. The molecule has 0 atom stereocenters. The molecule has 0 N–H and O–H groups in total. The molecule has 0 spiro atoms. The number of rotatable bonds is 8. The first-order valence-electron chi connectivity index (χ1n) is 16.6. The third kappa shape index (κ3) is 6.10. The Bertz CT molecular complexity index is 2470. The van der Waals surface area contributed by atoms with Gasteiger partial charge in [-0.25, -0.2) is 0 Å². The van der Waals surface area contributed by atoms with Crippen LogP contribution in [-0.4, -0.2) is 20.8 Å². The normalized spacial score (nSPS) is 11.1. The van der Waals surface area contributed by atoms with Crippen molar-refractivity contribution >= 4 is 34.1 Å². The summed E-state index contributed by atoms with van der Waals surface area (Å²) in [5.74, 6) is 1.15. The van der Waals surface area contributed by atoms with Crippen LogP contribution in [0.5, 0.6) is 11.6 Å². The van der Waals surface area contributed by atoms with E-state index in [9.17, 15) is 0 Å². The summed E-state index contributed by atoms with van der Waals surface area (Å²) < 4.78 is 11.9. The van der Waals surface area contributed by atoms with Gasteiger partial charge in [-0.3, -0.25) is 0 Å². The molecule has 2 heterocycles. The van der Waals surface area contributed by atoms with Gasteiger partial charge in [0.1, 0.15) is 0 Å². The van der Waals surface area contributed by atoms with Crippen molar-refractivity contribution in [3.63, 3.8) is 0 Å². The van der Waals surface area contributed by atoms with Gasteiger partial charge in [0.15, 0.2) is 0 Å². The quantitative estimate of drug-likeness (QED) is 0.115. The number of benzene rings is 6. The van der Waals surface area contributed by atoms with Crippen molar-refractivity contribution in [1.29, 1.82) is 0 Å². The Morgan fingerprint density at radius 3 is 1.92 bits per heavy atom. The number of fused-ring (bicyclic) bond motifs is 1. The first-order valence-corrected chi connectivity index (χ1v) is 17.7. The third-order valence-electron chi connectivity index (χ3n) is 9.04. The van der Waals surface area contributed by atoms with Gasteiger partial charge in [0.25, 0.3) is 0 Å². The Labute approximate surface area is 303 Å². The van der Waals surface area contributed by atoms with Crippen LogP contribution in [-0.2, 0) is 26.4 Å². The standard InChI is InChI=1S/C44H32BN3O.Pt/c1-32-26-27-46-43(28-32)49-38-21-12-19-36(30-38)45(35-18-11-20-37(29-35)48-31-47(2)41-24-9-10-25-42(41)48)44-39(33-14-5-3-6-15-33)22-13-23-40(44)34-16-7-4-8-17-34;/h3-28H,1-2H3;/q-2;. The summed E-state index contributed by atoms with van der Waals surface area (Å²) in [5.41, 5.74) is 12.1. The molecule has 4 nitrogen and oxygen atoms in total. The molecule has 0 bridgehead atoms. The van der Waals surface area contributed by atoms with Gasteiger partial charge in [-0.15, -0.1) is 0 Å². The van der Waals surface area contributed by atoms with Crippen LogP contribution in [0, 0.1) is 22.9 Å². The summed E-state index contributed by atoms with van der Waals surface area (Å²) in [6, 6.07) is 60.5. The molecule has 0 saturated heterocycles. The first-order chi connectivity index (χ1) is 24.5. The van der Waals surface area contributed by atoms with Gasteiger partial charge in [-0.1, -0.05) is 0 Å². The summed E-state index contributed by atoms with van der Waals surface area (Å²) >= 11 is 2.41. The topological polar surface area (TPSA) is 32.0 Å². The summed E-state index contributed by atoms with van der Waals surface area (Å²) in [4.78, 5) is 4.46. The van der Waals surface area contributed by atoms with E-state index in [0.29, 0.717) is 11.6 Å². The van der Waals surface area contributed by atoms with E-state index < -0.39 is 0 Å². The zero-order valence-electron chi connectivity index (χ0n) is 27.7. The van der Waals surface area contributed by atoms with Gasteiger partial charge in [0.05, 0.1) is 0 Å². The fourth-order valence-electron chi connectivity index (χ4n) is 6.73.